The Kier molecular flexibility index (Phi) is 6.22. The van der Waals surface area contributed by atoms with Crippen LogP contribution in [-0.4, -0.2) is 35.2 Å². The number of carboxylic acid groups (broad SMARTS) is 1. The van der Waals surface area contributed by atoms with Crippen LogP contribution < -0.4 is 9.64 Å². The average Bonchev–Trinajstić information content (AvgIpc) is 2.72. The highest BCUT2D eigenvalue weighted by atomic mass is 16.5. The molecule has 1 heterocycles. The number of anilines is 2. The summed E-state index contributed by atoms with van der Waals surface area (Å²) in [4.78, 5) is 22.0. The molecule has 0 aliphatic carbocycles. The molecule has 1 aromatic heterocycles. The largest absolute Gasteiger partial charge is 0.497 e. The molecular formula is C22H23N3O3. The maximum atomic E-state index is 10.6. The number of ether oxygens (including phenoxy) is 1. The van der Waals surface area contributed by atoms with Gasteiger partial charge >= 0.3 is 5.97 Å². The van der Waals surface area contributed by atoms with E-state index in [4.69, 9.17) is 14.8 Å². The van der Waals surface area contributed by atoms with Crippen molar-refractivity contribution in [2.24, 2.45) is 0 Å². The molecule has 0 spiro atoms. The van der Waals surface area contributed by atoms with Crippen molar-refractivity contribution in [1.82, 2.24) is 9.97 Å². The summed E-state index contributed by atoms with van der Waals surface area (Å²) in [5.41, 5.74) is 1.85. The lowest BCUT2D eigenvalue weighted by Gasteiger charge is -2.20. The maximum Gasteiger partial charge on any atom is 0.303 e. The monoisotopic (exact) mass is 377 g/mol. The topological polar surface area (TPSA) is 75.5 Å². The Hall–Kier alpha value is -3.41. The zero-order chi connectivity index (χ0) is 19.9. The molecule has 0 aliphatic heterocycles. The Morgan fingerprint density at radius 1 is 1.14 bits per heavy atom. The standard InChI is InChI=1S/C22H23N3O3/c1-25(16-12-14-17(28-2)15-13-16)22-18-8-6-7-9-19(18)23-20(24-22)10-4-3-5-11-21(26)27/h4,6-10,12-15H,3,5,11H2,1-2H3,(H,26,27). The van der Waals surface area contributed by atoms with Crippen molar-refractivity contribution in [1.29, 1.82) is 0 Å². The van der Waals surface area contributed by atoms with Crippen molar-refractivity contribution in [2.75, 3.05) is 19.1 Å². The molecule has 0 saturated heterocycles. The number of allylic oxidation sites excluding steroid dienone is 1. The molecule has 3 aromatic rings. The molecule has 0 saturated carbocycles. The molecule has 1 N–H and O–H groups in total. The third-order valence-corrected chi connectivity index (χ3v) is 4.41. The Balaban J connectivity index is 1.91. The molecule has 0 amide bonds. The Morgan fingerprint density at radius 2 is 1.89 bits per heavy atom. The van der Waals surface area contributed by atoms with E-state index in [-0.39, 0.29) is 6.42 Å². The second-order valence-corrected chi connectivity index (χ2v) is 6.37. The van der Waals surface area contributed by atoms with Crippen molar-refractivity contribution in [2.45, 2.75) is 19.3 Å². The van der Waals surface area contributed by atoms with Gasteiger partial charge in [0.25, 0.3) is 0 Å². The highest BCUT2D eigenvalue weighted by Gasteiger charge is 2.12. The van der Waals surface area contributed by atoms with Crippen LogP contribution in [-0.2, 0) is 4.79 Å². The minimum absolute atomic E-state index is 0.161. The smallest absolute Gasteiger partial charge is 0.303 e. The van der Waals surface area contributed by atoms with Crippen LogP contribution in [0, 0.1) is 0 Å². The molecule has 0 unspecified atom stereocenters. The van der Waals surface area contributed by atoms with Crippen molar-refractivity contribution in [3.63, 3.8) is 0 Å². The molecule has 28 heavy (non-hydrogen) atoms. The lowest BCUT2D eigenvalue weighted by molar-refractivity contribution is -0.137. The van der Waals surface area contributed by atoms with Crippen LogP contribution in [0.4, 0.5) is 11.5 Å². The molecule has 2 aromatic carbocycles. The number of carboxylic acids is 1. The molecule has 0 bridgehead atoms. The van der Waals surface area contributed by atoms with E-state index in [1.807, 2.05) is 72.6 Å². The summed E-state index contributed by atoms with van der Waals surface area (Å²) in [5.74, 6) is 1.43. The number of aliphatic carboxylic acids is 1. The fourth-order valence-corrected chi connectivity index (χ4v) is 2.90. The fourth-order valence-electron chi connectivity index (χ4n) is 2.90. The number of aromatic nitrogens is 2. The first kappa shape index (κ1) is 19.4. The van der Waals surface area contributed by atoms with E-state index in [0.29, 0.717) is 18.7 Å². The highest BCUT2D eigenvalue weighted by Crippen LogP contribution is 2.30. The van der Waals surface area contributed by atoms with Crippen LogP contribution in [0.15, 0.2) is 54.6 Å². The Labute approximate surface area is 164 Å². The number of unbranched alkanes of at least 4 members (excludes halogenated alkanes) is 1. The van der Waals surface area contributed by atoms with Gasteiger partial charge in [0.15, 0.2) is 5.82 Å². The van der Waals surface area contributed by atoms with E-state index in [0.717, 1.165) is 28.2 Å². The van der Waals surface area contributed by atoms with Crippen molar-refractivity contribution in [3.05, 3.63) is 60.4 Å². The van der Waals surface area contributed by atoms with E-state index < -0.39 is 5.97 Å². The number of benzene rings is 2. The zero-order valence-corrected chi connectivity index (χ0v) is 16.0. The lowest BCUT2D eigenvalue weighted by atomic mass is 10.2. The third-order valence-electron chi connectivity index (χ3n) is 4.41. The zero-order valence-electron chi connectivity index (χ0n) is 16.0. The highest BCUT2D eigenvalue weighted by molar-refractivity contribution is 5.92. The number of nitrogens with zero attached hydrogens (tertiary/aromatic N) is 3. The maximum absolute atomic E-state index is 10.6. The molecular weight excluding hydrogens is 354 g/mol. The van der Waals surface area contributed by atoms with Gasteiger partial charge in [-0.25, -0.2) is 9.97 Å². The number of hydrogen-bond donors (Lipinski definition) is 1. The van der Waals surface area contributed by atoms with Gasteiger partial charge in [-0.3, -0.25) is 4.79 Å². The minimum atomic E-state index is -0.779. The normalized spacial score (nSPS) is 11.1. The van der Waals surface area contributed by atoms with Gasteiger partial charge < -0.3 is 14.7 Å². The summed E-state index contributed by atoms with van der Waals surface area (Å²) in [6.45, 7) is 0. The van der Waals surface area contributed by atoms with Gasteiger partial charge in [-0.15, -0.1) is 0 Å². The van der Waals surface area contributed by atoms with Gasteiger partial charge in [0, 0.05) is 24.5 Å². The number of hydrogen-bond acceptors (Lipinski definition) is 5. The summed E-state index contributed by atoms with van der Waals surface area (Å²) in [5, 5.41) is 9.69. The summed E-state index contributed by atoms with van der Waals surface area (Å²) in [7, 11) is 3.61. The average molecular weight is 377 g/mol. The molecule has 0 atom stereocenters. The van der Waals surface area contributed by atoms with E-state index in [1.165, 1.54) is 0 Å². The first-order valence-corrected chi connectivity index (χ1v) is 9.11. The van der Waals surface area contributed by atoms with E-state index in [2.05, 4.69) is 4.98 Å². The van der Waals surface area contributed by atoms with Gasteiger partial charge in [0.1, 0.15) is 11.6 Å². The van der Waals surface area contributed by atoms with Gasteiger partial charge in [0.05, 0.1) is 12.6 Å². The van der Waals surface area contributed by atoms with Gasteiger partial charge in [-0.2, -0.15) is 0 Å². The molecule has 6 nitrogen and oxygen atoms in total. The van der Waals surface area contributed by atoms with Crippen LogP contribution in [0.3, 0.4) is 0 Å². The van der Waals surface area contributed by atoms with Crippen molar-refractivity contribution >= 4 is 34.5 Å². The molecule has 6 heteroatoms. The molecule has 0 radical (unpaired) electrons. The van der Waals surface area contributed by atoms with Crippen LogP contribution >= 0.6 is 0 Å². The Bertz CT molecular complexity index is 984. The van der Waals surface area contributed by atoms with Gasteiger partial charge in [-0.05, 0) is 55.3 Å². The number of para-hydroxylation sites is 1. The number of methoxy groups -OCH3 is 1. The lowest BCUT2D eigenvalue weighted by Crippen LogP contribution is -2.13. The van der Waals surface area contributed by atoms with E-state index >= 15 is 0 Å². The van der Waals surface area contributed by atoms with E-state index in [9.17, 15) is 4.79 Å². The van der Waals surface area contributed by atoms with Crippen LogP contribution in [0.5, 0.6) is 5.75 Å². The molecule has 0 fully saturated rings. The molecule has 144 valence electrons. The minimum Gasteiger partial charge on any atom is -0.497 e. The van der Waals surface area contributed by atoms with Crippen LogP contribution in [0.1, 0.15) is 25.1 Å². The summed E-state index contributed by atoms with van der Waals surface area (Å²) in [6, 6.07) is 15.7. The van der Waals surface area contributed by atoms with Crippen molar-refractivity contribution in [3.8, 4) is 5.75 Å². The van der Waals surface area contributed by atoms with Gasteiger partial charge in [0.2, 0.25) is 0 Å². The van der Waals surface area contributed by atoms with Gasteiger partial charge in [-0.1, -0.05) is 18.2 Å². The fraction of sp³-hybridized carbons (Fsp3) is 0.227. The summed E-state index contributed by atoms with van der Waals surface area (Å²) < 4.78 is 5.23. The first-order chi connectivity index (χ1) is 13.6. The summed E-state index contributed by atoms with van der Waals surface area (Å²) in [6.07, 6.45) is 5.20. The number of rotatable bonds is 8. The van der Waals surface area contributed by atoms with Crippen LogP contribution in [0.2, 0.25) is 0 Å². The second-order valence-electron chi connectivity index (χ2n) is 6.37. The van der Waals surface area contributed by atoms with E-state index in [1.54, 1.807) is 7.11 Å². The predicted molar refractivity (Wildman–Crippen MR) is 111 cm³/mol. The third kappa shape index (κ3) is 4.65. The first-order valence-electron chi connectivity index (χ1n) is 9.11. The number of carbonyl (C=O) groups is 1. The quantitative estimate of drug-likeness (QED) is 0.575. The van der Waals surface area contributed by atoms with Crippen LogP contribution in [0.25, 0.3) is 17.0 Å². The second kappa shape index (κ2) is 8.99. The molecule has 0 aliphatic rings. The van der Waals surface area contributed by atoms with Crippen molar-refractivity contribution < 1.29 is 14.6 Å². The number of fused-ring (bicyclic) bond motifs is 1. The predicted octanol–water partition coefficient (Wildman–Crippen LogP) is 4.67. The Morgan fingerprint density at radius 3 is 2.61 bits per heavy atom. The summed E-state index contributed by atoms with van der Waals surface area (Å²) >= 11 is 0. The SMILES string of the molecule is COc1ccc(N(C)c2nc(C=CCCCC(=O)O)nc3ccccc23)cc1. The molecule has 3 rings (SSSR count).